The number of nitrogens with one attached hydrogen (secondary N) is 1. The molecule has 1 amide bonds. The molecule has 0 unspecified atom stereocenters. The van der Waals surface area contributed by atoms with E-state index < -0.39 is 0 Å². The third kappa shape index (κ3) is 2.51. The average Bonchev–Trinajstić information content (AvgIpc) is 2.50. The van der Waals surface area contributed by atoms with E-state index in [9.17, 15) is 4.79 Å². The van der Waals surface area contributed by atoms with E-state index in [0.29, 0.717) is 0 Å². The molecule has 0 spiro atoms. The first kappa shape index (κ1) is 13.7. The highest BCUT2D eigenvalue weighted by Gasteiger charge is 2.31. The number of para-hydroxylation sites is 1. The predicted octanol–water partition coefficient (Wildman–Crippen LogP) is 3.97. The minimum atomic E-state index is -0.0905. The largest absolute Gasteiger partial charge is 0.361 e. The highest BCUT2D eigenvalue weighted by molar-refractivity contribution is 6.01. The lowest BCUT2D eigenvalue weighted by molar-refractivity contribution is 0.0683. The second-order valence-corrected chi connectivity index (χ2v) is 5.51. The number of aryl methyl sites for hydroxylation is 1. The SMILES string of the molecule is CCCN1C(=O)c2ccccc2N[C@H]1c1cccc(C)c1. The van der Waals surface area contributed by atoms with E-state index in [1.165, 1.54) is 5.56 Å². The van der Waals surface area contributed by atoms with Gasteiger partial charge in [0.05, 0.1) is 5.56 Å². The number of nitrogens with zero attached hydrogens (tertiary/aromatic N) is 1. The third-order valence-corrected chi connectivity index (χ3v) is 3.84. The van der Waals surface area contributed by atoms with Crippen LogP contribution in [0.3, 0.4) is 0 Å². The van der Waals surface area contributed by atoms with Crippen molar-refractivity contribution in [3.63, 3.8) is 0 Å². The zero-order valence-corrected chi connectivity index (χ0v) is 12.5. The van der Waals surface area contributed by atoms with Gasteiger partial charge in [0, 0.05) is 12.2 Å². The summed E-state index contributed by atoms with van der Waals surface area (Å²) in [7, 11) is 0. The molecule has 0 saturated heterocycles. The van der Waals surface area contributed by atoms with Crippen LogP contribution in [0.15, 0.2) is 48.5 Å². The van der Waals surface area contributed by atoms with Crippen molar-refractivity contribution in [1.82, 2.24) is 4.90 Å². The summed E-state index contributed by atoms with van der Waals surface area (Å²) in [5, 5.41) is 3.51. The van der Waals surface area contributed by atoms with Crippen LogP contribution in [-0.4, -0.2) is 17.4 Å². The average molecular weight is 280 g/mol. The van der Waals surface area contributed by atoms with Gasteiger partial charge in [0.1, 0.15) is 6.17 Å². The number of anilines is 1. The van der Waals surface area contributed by atoms with Gasteiger partial charge in [0.15, 0.2) is 0 Å². The van der Waals surface area contributed by atoms with Crippen molar-refractivity contribution in [2.45, 2.75) is 26.4 Å². The Morgan fingerprint density at radius 1 is 1.14 bits per heavy atom. The standard InChI is InChI=1S/C18H20N2O/c1-3-11-20-17(14-8-6-7-13(2)12-14)19-16-10-5-4-9-15(16)18(20)21/h4-10,12,17,19H,3,11H2,1-2H3/t17-/m1/s1. The zero-order chi connectivity index (χ0) is 14.8. The van der Waals surface area contributed by atoms with Gasteiger partial charge < -0.3 is 10.2 Å². The van der Waals surface area contributed by atoms with E-state index in [0.717, 1.165) is 29.8 Å². The molecule has 1 heterocycles. The quantitative estimate of drug-likeness (QED) is 0.922. The van der Waals surface area contributed by atoms with Crippen molar-refractivity contribution >= 4 is 11.6 Å². The Morgan fingerprint density at radius 2 is 1.95 bits per heavy atom. The summed E-state index contributed by atoms with van der Waals surface area (Å²) in [6.45, 7) is 4.92. The van der Waals surface area contributed by atoms with E-state index in [-0.39, 0.29) is 12.1 Å². The number of fused-ring (bicyclic) bond motifs is 1. The van der Waals surface area contributed by atoms with Crippen molar-refractivity contribution < 1.29 is 4.79 Å². The summed E-state index contributed by atoms with van der Waals surface area (Å²) in [5.74, 6) is 0.109. The number of rotatable bonds is 3. The predicted molar refractivity (Wildman–Crippen MR) is 85.3 cm³/mol. The number of hydrogen-bond acceptors (Lipinski definition) is 2. The maximum Gasteiger partial charge on any atom is 0.257 e. The summed E-state index contributed by atoms with van der Waals surface area (Å²) in [6, 6.07) is 16.1. The lowest BCUT2D eigenvalue weighted by atomic mass is 10.0. The summed E-state index contributed by atoms with van der Waals surface area (Å²) in [5.41, 5.74) is 4.01. The van der Waals surface area contributed by atoms with Crippen LogP contribution in [0.5, 0.6) is 0 Å². The molecule has 0 bridgehead atoms. The molecule has 2 aromatic rings. The van der Waals surface area contributed by atoms with E-state index in [1.807, 2.05) is 35.2 Å². The van der Waals surface area contributed by atoms with Crippen molar-refractivity contribution in [3.05, 3.63) is 65.2 Å². The van der Waals surface area contributed by atoms with Crippen LogP contribution in [0.25, 0.3) is 0 Å². The van der Waals surface area contributed by atoms with Crippen LogP contribution in [0, 0.1) is 6.92 Å². The molecule has 2 aromatic carbocycles. The van der Waals surface area contributed by atoms with Crippen LogP contribution in [0.2, 0.25) is 0 Å². The first-order valence-electron chi connectivity index (χ1n) is 7.44. The second-order valence-electron chi connectivity index (χ2n) is 5.51. The monoisotopic (exact) mass is 280 g/mol. The fourth-order valence-electron chi connectivity index (χ4n) is 2.87. The zero-order valence-electron chi connectivity index (χ0n) is 12.5. The summed E-state index contributed by atoms with van der Waals surface area (Å²) >= 11 is 0. The van der Waals surface area contributed by atoms with Gasteiger partial charge in [-0.1, -0.05) is 48.9 Å². The Bertz CT molecular complexity index is 666. The highest BCUT2D eigenvalue weighted by Crippen LogP contribution is 2.33. The van der Waals surface area contributed by atoms with Crippen LogP contribution >= 0.6 is 0 Å². The van der Waals surface area contributed by atoms with Gasteiger partial charge in [-0.3, -0.25) is 4.79 Å². The van der Waals surface area contributed by atoms with Gasteiger partial charge in [-0.2, -0.15) is 0 Å². The van der Waals surface area contributed by atoms with E-state index in [4.69, 9.17) is 0 Å². The van der Waals surface area contributed by atoms with Crippen molar-refractivity contribution in [1.29, 1.82) is 0 Å². The number of carbonyl (C=O) groups is 1. The molecule has 3 heteroatoms. The van der Waals surface area contributed by atoms with E-state index in [2.05, 4.69) is 37.4 Å². The van der Waals surface area contributed by atoms with Crippen LogP contribution in [0.1, 0.15) is 41.0 Å². The number of carbonyl (C=O) groups excluding carboxylic acids is 1. The summed E-state index contributed by atoms with van der Waals surface area (Å²) < 4.78 is 0. The summed E-state index contributed by atoms with van der Waals surface area (Å²) in [6.07, 6.45) is 0.852. The lowest BCUT2D eigenvalue weighted by Crippen LogP contribution is -2.43. The molecule has 21 heavy (non-hydrogen) atoms. The molecular weight excluding hydrogens is 260 g/mol. The first-order chi connectivity index (χ1) is 10.2. The number of amides is 1. The molecule has 1 aliphatic heterocycles. The lowest BCUT2D eigenvalue weighted by Gasteiger charge is -2.38. The molecule has 0 radical (unpaired) electrons. The number of hydrogen-bond donors (Lipinski definition) is 1. The Kier molecular flexibility index (Phi) is 3.65. The van der Waals surface area contributed by atoms with Crippen molar-refractivity contribution in [2.24, 2.45) is 0 Å². The Morgan fingerprint density at radius 3 is 2.71 bits per heavy atom. The van der Waals surface area contributed by atoms with Crippen LogP contribution in [0.4, 0.5) is 5.69 Å². The first-order valence-corrected chi connectivity index (χ1v) is 7.44. The van der Waals surface area contributed by atoms with Gasteiger partial charge in [0.25, 0.3) is 5.91 Å². The summed E-state index contributed by atoms with van der Waals surface area (Å²) in [4.78, 5) is 14.7. The molecule has 3 rings (SSSR count). The molecule has 1 aliphatic rings. The van der Waals surface area contributed by atoms with Crippen molar-refractivity contribution in [2.75, 3.05) is 11.9 Å². The topological polar surface area (TPSA) is 32.3 Å². The Hall–Kier alpha value is -2.29. The minimum Gasteiger partial charge on any atom is -0.361 e. The third-order valence-electron chi connectivity index (χ3n) is 3.84. The van der Waals surface area contributed by atoms with Gasteiger partial charge in [0.2, 0.25) is 0 Å². The molecule has 0 fully saturated rings. The maximum atomic E-state index is 12.8. The molecule has 0 aliphatic carbocycles. The fourth-order valence-corrected chi connectivity index (χ4v) is 2.87. The van der Waals surface area contributed by atoms with Crippen LogP contribution < -0.4 is 5.32 Å². The van der Waals surface area contributed by atoms with Crippen LogP contribution in [-0.2, 0) is 0 Å². The molecule has 108 valence electrons. The van der Waals surface area contributed by atoms with Gasteiger partial charge in [-0.25, -0.2) is 0 Å². The van der Waals surface area contributed by atoms with E-state index >= 15 is 0 Å². The Labute approximate surface area is 125 Å². The molecule has 3 nitrogen and oxygen atoms in total. The number of benzene rings is 2. The Balaban J connectivity index is 2.04. The maximum absolute atomic E-state index is 12.8. The van der Waals surface area contributed by atoms with E-state index in [1.54, 1.807) is 0 Å². The highest BCUT2D eigenvalue weighted by atomic mass is 16.2. The molecule has 0 saturated carbocycles. The molecule has 1 atom stereocenters. The van der Waals surface area contributed by atoms with Crippen molar-refractivity contribution in [3.8, 4) is 0 Å². The molecular formula is C18H20N2O. The van der Waals surface area contributed by atoms with Gasteiger partial charge >= 0.3 is 0 Å². The minimum absolute atomic E-state index is 0.0905. The molecule has 0 aromatic heterocycles. The van der Waals surface area contributed by atoms with Gasteiger partial charge in [-0.05, 0) is 31.0 Å². The molecule has 1 N–H and O–H groups in total. The fraction of sp³-hybridized carbons (Fsp3) is 0.278. The van der Waals surface area contributed by atoms with Gasteiger partial charge in [-0.15, -0.1) is 0 Å². The normalized spacial score (nSPS) is 17.3. The smallest absolute Gasteiger partial charge is 0.257 e. The second kappa shape index (κ2) is 5.60.